The van der Waals surface area contributed by atoms with E-state index in [1.165, 1.54) is 10.7 Å². The topological polar surface area (TPSA) is 28.1 Å². The van der Waals surface area contributed by atoms with Crippen molar-refractivity contribution in [2.24, 2.45) is 10.4 Å². The summed E-state index contributed by atoms with van der Waals surface area (Å²) in [6.07, 6.45) is 6.26. The van der Waals surface area contributed by atoms with Crippen LogP contribution in [0.5, 0.6) is 0 Å². The number of hydrogen-bond acceptors (Lipinski definition) is 2. The molecule has 0 saturated heterocycles. The molecule has 2 heterocycles. The quantitative estimate of drug-likeness (QED) is 0.818. The number of aliphatic imine (C=N–C) groups is 1. The van der Waals surface area contributed by atoms with E-state index in [9.17, 15) is 0 Å². The molecule has 0 aromatic carbocycles. The molecule has 0 spiro atoms. The average Bonchev–Trinajstić information content (AvgIpc) is 2.76. The Morgan fingerprint density at radius 3 is 2.93 bits per heavy atom. The summed E-state index contributed by atoms with van der Waals surface area (Å²) in [7, 11) is 0. The average molecular weight is 222 g/mol. The van der Waals surface area contributed by atoms with Gasteiger partial charge >= 0.3 is 0 Å². The highest BCUT2D eigenvalue weighted by molar-refractivity contribution is 8.13. The zero-order valence-corrected chi connectivity index (χ0v) is 10.4. The van der Waals surface area contributed by atoms with Crippen LogP contribution in [-0.4, -0.2) is 22.3 Å². The fourth-order valence-corrected chi connectivity index (χ4v) is 2.80. The molecule has 15 heavy (non-hydrogen) atoms. The lowest BCUT2D eigenvalue weighted by Gasteiger charge is -2.24. The van der Waals surface area contributed by atoms with Crippen LogP contribution in [0.2, 0.25) is 0 Å². The van der Waals surface area contributed by atoms with Crippen LogP contribution in [0.3, 0.4) is 0 Å². The number of hydrogen-bond donors (Lipinski definition) is 1. The van der Waals surface area contributed by atoms with E-state index in [-0.39, 0.29) is 0 Å². The summed E-state index contributed by atoms with van der Waals surface area (Å²) in [6.45, 7) is 4.63. The van der Waals surface area contributed by atoms with Crippen molar-refractivity contribution >= 4 is 16.8 Å². The Kier molecular flexibility index (Phi) is 2.91. The molecule has 0 radical (unpaired) electrons. The normalized spacial score (nSPS) is 24.2. The van der Waals surface area contributed by atoms with Gasteiger partial charge in [-0.1, -0.05) is 13.8 Å². The molecule has 0 saturated carbocycles. The van der Waals surface area contributed by atoms with Crippen LogP contribution in [-0.2, 0) is 6.42 Å². The summed E-state index contributed by atoms with van der Waals surface area (Å²) in [5.41, 5.74) is 1.60. The van der Waals surface area contributed by atoms with Gasteiger partial charge in [-0.15, -0.1) is 11.8 Å². The van der Waals surface area contributed by atoms with Crippen LogP contribution in [0.1, 0.15) is 26.0 Å². The molecule has 1 aromatic rings. The summed E-state index contributed by atoms with van der Waals surface area (Å²) in [6, 6.07) is 4.62. The van der Waals surface area contributed by atoms with E-state index in [1.54, 1.807) is 11.8 Å². The predicted molar refractivity (Wildman–Crippen MR) is 67.6 cm³/mol. The van der Waals surface area contributed by atoms with Crippen molar-refractivity contribution in [1.29, 1.82) is 0 Å². The molecule has 1 N–H and O–H groups in total. The van der Waals surface area contributed by atoms with Gasteiger partial charge in [-0.05, 0) is 23.8 Å². The van der Waals surface area contributed by atoms with Crippen molar-refractivity contribution < 1.29 is 0 Å². The Bertz CT molecular complexity index is 352. The van der Waals surface area contributed by atoms with Crippen molar-refractivity contribution in [3.8, 4) is 0 Å². The van der Waals surface area contributed by atoms with Gasteiger partial charge in [0.25, 0.3) is 0 Å². The fraction of sp³-hybridized carbons (Fsp3) is 0.583. The molecule has 2 rings (SSSR count). The van der Waals surface area contributed by atoms with Gasteiger partial charge in [-0.2, -0.15) is 0 Å². The van der Waals surface area contributed by atoms with E-state index in [4.69, 9.17) is 4.99 Å². The van der Waals surface area contributed by atoms with Gasteiger partial charge in [0, 0.05) is 24.7 Å². The Morgan fingerprint density at radius 2 is 2.40 bits per heavy atom. The van der Waals surface area contributed by atoms with Crippen LogP contribution in [0.25, 0.3) is 0 Å². The molecule has 1 aliphatic heterocycles. The first-order valence-electron chi connectivity index (χ1n) is 5.35. The van der Waals surface area contributed by atoms with E-state index in [2.05, 4.69) is 37.2 Å². The third-order valence-electron chi connectivity index (χ3n) is 3.12. The number of nitrogens with one attached hydrogen (secondary N) is 1. The van der Waals surface area contributed by atoms with Crippen molar-refractivity contribution in [1.82, 2.24) is 4.98 Å². The van der Waals surface area contributed by atoms with Crippen LogP contribution in [0.15, 0.2) is 23.3 Å². The highest BCUT2D eigenvalue weighted by Gasteiger charge is 2.36. The molecule has 1 aromatic heterocycles. The molecule has 3 heteroatoms. The maximum atomic E-state index is 4.79. The minimum absolute atomic E-state index is 0.309. The van der Waals surface area contributed by atoms with Gasteiger partial charge < -0.3 is 4.98 Å². The number of nitrogens with zero attached hydrogens (tertiary/aromatic N) is 1. The minimum Gasteiger partial charge on any atom is -0.365 e. The first kappa shape index (κ1) is 10.8. The molecule has 1 aliphatic rings. The monoisotopic (exact) mass is 222 g/mol. The Hall–Kier alpha value is -0.700. The molecule has 2 nitrogen and oxygen atoms in total. The first-order valence-corrected chi connectivity index (χ1v) is 6.57. The van der Waals surface area contributed by atoms with E-state index in [0.717, 1.165) is 12.8 Å². The number of aromatic nitrogens is 1. The van der Waals surface area contributed by atoms with Crippen LogP contribution in [0, 0.1) is 5.41 Å². The molecular weight excluding hydrogens is 204 g/mol. The van der Waals surface area contributed by atoms with E-state index in [0.29, 0.717) is 11.5 Å². The fourth-order valence-electron chi connectivity index (χ4n) is 2.05. The maximum absolute atomic E-state index is 4.79. The molecule has 82 valence electrons. The maximum Gasteiger partial charge on any atom is 0.0683 e. The second-order valence-corrected chi connectivity index (χ2v) is 5.69. The van der Waals surface area contributed by atoms with Crippen LogP contribution in [0.4, 0.5) is 0 Å². The summed E-state index contributed by atoms with van der Waals surface area (Å²) in [4.78, 5) is 8.05. The first-order chi connectivity index (χ1) is 7.12. The Balaban J connectivity index is 2.11. The van der Waals surface area contributed by atoms with Gasteiger partial charge in [0.1, 0.15) is 0 Å². The van der Waals surface area contributed by atoms with E-state index < -0.39 is 0 Å². The summed E-state index contributed by atoms with van der Waals surface area (Å²) in [5.74, 6) is 0. The predicted octanol–water partition coefficient (Wildman–Crippen LogP) is 3.12. The SMILES string of the molecule is CSC1=NC(Cc2ccc[nH]2)C(C)(C)C1. The number of H-pyrrole nitrogens is 1. The largest absolute Gasteiger partial charge is 0.365 e. The van der Waals surface area contributed by atoms with Crippen molar-refractivity contribution in [2.45, 2.75) is 32.7 Å². The molecule has 0 bridgehead atoms. The van der Waals surface area contributed by atoms with Crippen molar-refractivity contribution in [3.63, 3.8) is 0 Å². The highest BCUT2D eigenvalue weighted by Crippen LogP contribution is 2.38. The summed E-state index contributed by atoms with van der Waals surface area (Å²) in [5, 5.41) is 1.30. The lowest BCUT2D eigenvalue weighted by Crippen LogP contribution is -2.25. The smallest absolute Gasteiger partial charge is 0.0683 e. The molecule has 0 amide bonds. The van der Waals surface area contributed by atoms with Gasteiger partial charge in [0.15, 0.2) is 0 Å². The number of rotatable bonds is 2. The Labute approximate surface area is 95.6 Å². The second kappa shape index (κ2) is 4.05. The zero-order valence-electron chi connectivity index (χ0n) is 9.58. The van der Waals surface area contributed by atoms with Gasteiger partial charge in [0.05, 0.1) is 11.1 Å². The molecule has 1 atom stereocenters. The minimum atomic E-state index is 0.309. The van der Waals surface area contributed by atoms with Gasteiger partial charge in [0.2, 0.25) is 0 Å². The third kappa shape index (κ3) is 2.28. The molecule has 1 unspecified atom stereocenters. The number of thioether (sulfide) groups is 1. The van der Waals surface area contributed by atoms with Crippen LogP contribution < -0.4 is 0 Å². The van der Waals surface area contributed by atoms with Crippen LogP contribution >= 0.6 is 11.8 Å². The lowest BCUT2D eigenvalue weighted by molar-refractivity contribution is 0.321. The van der Waals surface area contributed by atoms with E-state index >= 15 is 0 Å². The zero-order chi connectivity index (χ0) is 10.9. The molecular formula is C12H18N2S. The third-order valence-corrected chi connectivity index (χ3v) is 3.84. The molecule has 0 fully saturated rings. The van der Waals surface area contributed by atoms with Gasteiger partial charge in [-0.3, -0.25) is 4.99 Å². The van der Waals surface area contributed by atoms with Crippen molar-refractivity contribution in [3.05, 3.63) is 24.0 Å². The number of aromatic amines is 1. The van der Waals surface area contributed by atoms with E-state index in [1.807, 2.05) is 6.20 Å². The summed E-state index contributed by atoms with van der Waals surface area (Å²) < 4.78 is 0. The lowest BCUT2D eigenvalue weighted by atomic mass is 9.82. The van der Waals surface area contributed by atoms with Gasteiger partial charge in [-0.25, -0.2) is 0 Å². The highest BCUT2D eigenvalue weighted by atomic mass is 32.2. The Morgan fingerprint density at radius 1 is 1.60 bits per heavy atom. The second-order valence-electron chi connectivity index (χ2n) is 4.81. The summed E-state index contributed by atoms with van der Waals surface area (Å²) >= 11 is 1.79. The molecule has 0 aliphatic carbocycles. The standard InChI is InChI=1S/C12H18N2S/c1-12(2)8-11(15-3)14-10(12)7-9-5-4-6-13-9/h4-6,10,13H,7-8H2,1-3H3. The van der Waals surface area contributed by atoms with Crippen molar-refractivity contribution in [2.75, 3.05) is 6.26 Å².